The fourth-order valence-corrected chi connectivity index (χ4v) is 10.6. The maximum Gasteiger partial charge on any atom is 0.248 e. The summed E-state index contributed by atoms with van der Waals surface area (Å²) < 4.78 is 17.9. The average Bonchev–Trinajstić information content (AvgIpc) is 1.59. The van der Waals surface area contributed by atoms with Crippen molar-refractivity contribution in [3.8, 4) is 0 Å². The maximum atomic E-state index is 11.8. The summed E-state index contributed by atoms with van der Waals surface area (Å²) in [4.78, 5) is 105. The summed E-state index contributed by atoms with van der Waals surface area (Å²) in [6.45, 7) is 61.1. The van der Waals surface area contributed by atoms with Crippen molar-refractivity contribution < 1.29 is 62.5 Å². The fraction of sp³-hybridized carbons (Fsp3) is 0.614. The summed E-state index contributed by atoms with van der Waals surface area (Å²) in [7, 11) is 0. The molecule has 0 aromatic heterocycles. The van der Waals surface area contributed by atoms with E-state index in [1.54, 1.807) is 62.3 Å². The van der Waals surface area contributed by atoms with Gasteiger partial charge < -0.3 is 67.2 Å². The smallest absolute Gasteiger partial charge is 0.248 e. The lowest BCUT2D eigenvalue weighted by Crippen LogP contribution is -2.51. The Morgan fingerprint density at radius 2 is 0.696 bits per heavy atom. The molecule has 3 aliphatic rings. The summed E-state index contributed by atoms with van der Waals surface area (Å²) in [6, 6.07) is -0.582. The van der Waals surface area contributed by atoms with E-state index in [4.69, 9.17) is 19.3 Å². The lowest BCUT2D eigenvalue weighted by Gasteiger charge is -2.34. The SMILES string of the molecule is C=C(C)C(=O)NC(C)COCC(CC)(COCC(C)NC(=O)C(=C)C)COCC(C)NC(=O)C(=C)C.C=C(C)C(=O)NCC(CC)(CNC(=O)C(=C)C)CNC(=O)C(=C)C.C=C(C)C(=O)NCC1CC2CC1C1CCC(CNC(=O)C(=C)C)C21.C=C(C)C(=O)NCO. The topological polar surface area (TPSA) is 310 Å². The lowest BCUT2D eigenvalue weighted by molar-refractivity contribution is -0.120. The zero-order chi connectivity index (χ0) is 70.8. The third kappa shape index (κ3) is 31.8. The zero-order valence-electron chi connectivity index (χ0n) is 58.1. The molecule has 10 N–H and O–H groups in total. The second-order valence-corrected chi connectivity index (χ2v) is 25.8. The average molecular weight is 1290 g/mol. The summed E-state index contributed by atoms with van der Waals surface area (Å²) in [5.74, 6) is 2.60. The van der Waals surface area contributed by atoms with Crippen molar-refractivity contribution in [3.05, 3.63) is 109 Å². The van der Waals surface area contributed by atoms with E-state index < -0.39 is 10.8 Å². The standard InChI is InChI=1S/C27H47N3O6.C20H30N2O2.C18H29N3O3.C5H9NO2/c1-11-27(15-34-12-21(8)28-24(31)18(2)3,16-35-13-22(9)29-25(32)19(4)5)17-36-14-23(10)30-26(33)20(6)7;1-11(2)19(23)21-9-13-5-6-16-17-8-14(18(13)16)7-15(17)10-22-20(24)12(3)4;1-8-18(9-19-15(22)12(2)3,10-20-16(23)13(4)5)11-21-17(24)14(6)7;1-4(2)5(8)6-3-7/h21-23H,2,4,6,11-17H2,1,3,5,7-10H3,(H,28,31)(H,29,32)(H,30,33);13-18H,1,3,5-10H2,2,4H3,(H,21,23)(H,22,24);2,4,6,8-11H2,1,3,5,7H3,(H,19,22)(H,20,23)(H,21,24);7H,1,3H2,2H3,(H,6,8). The Morgan fingerprint density at radius 3 is 0.978 bits per heavy atom. The van der Waals surface area contributed by atoms with Crippen LogP contribution in [0.25, 0.3) is 0 Å². The highest BCUT2D eigenvalue weighted by Gasteiger charge is 2.56. The van der Waals surface area contributed by atoms with Gasteiger partial charge in [-0.25, -0.2) is 0 Å². The molecule has 92 heavy (non-hydrogen) atoms. The Bertz CT molecular complexity index is 2490. The summed E-state index contributed by atoms with van der Waals surface area (Å²) in [5.41, 5.74) is 3.10. The predicted molar refractivity (Wildman–Crippen MR) is 364 cm³/mol. The molecule has 3 rings (SSSR count). The Hall–Kier alpha value is -7.27. The van der Waals surface area contributed by atoms with Gasteiger partial charge in [-0.1, -0.05) is 73.1 Å². The van der Waals surface area contributed by atoms with Crippen molar-refractivity contribution in [2.45, 2.75) is 154 Å². The number of ether oxygens (including phenoxy) is 3. The molecular weight excluding hydrogens is 1170 g/mol. The van der Waals surface area contributed by atoms with E-state index in [9.17, 15) is 43.2 Å². The minimum atomic E-state index is -0.526. The van der Waals surface area contributed by atoms with Gasteiger partial charge in [-0.15, -0.1) is 0 Å². The molecule has 0 aromatic rings. The molecule has 0 spiro atoms. The molecule has 0 radical (unpaired) electrons. The van der Waals surface area contributed by atoms with Crippen LogP contribution in [-0.4, -0.2) is 155 Å². The van der Waals surface area contributed by atoms with E-state index in [-0.39, 0.29) is 78.0 Å². The largest absolute Gasteiger partial charge is 0.379 e. The van der Waals surface area contributed by atoms with Crippen LogP contribution in [-0.2, 0) is 57.4 Å². The third-order valence-corrected chi connectivity index (χ3v) is 16.4. The van der Waals surface area contributed by atoms with Gasteiger partial charge in [0.15, 0.2) is 0 Å². The van der Waals surface area contributed by atoms with Crippen LogP contribution in [0.15, 0.2) is 109 Å². The highest BCUT2D eigenvalue weighted by atomic mass is 16.5. The number of aliphatic hydroxyl groups is 1. The molecule has 0 aromatic carbocycles. The Morgan fingerprint density at radius 1 is 0.402 bits per heavy atom. The van der Waals surface area contributed by atoms with Gasteiger partial charge in [0.1, 0.15) is 6.73 Å². The monoisotopic (exact) mass is 1290 g/mol. The molecule has 9 amide bonds. The number of carbonyl (C=O) groups excluding carboxylic acids is 9. The highest BCUT2D eigenvalue weighted by molar-refractivity contribution is 5.95. The van der Waals surface area contributed by atoms with E-state index in [0.717, 1.165) is 36.8 Å². The number of fused-ring (bicyclic) bond motifs is 5. The van der Waals surface area contributed by atoms with Gasteiger partial charge in [-0.3, -0.25) is 43.2 Å². The van der Waals surface area contributed by atoms with E-state index in [0.29, 0.717) is 134 Å². The van der Waals surface area contributed by atoms with Gasteiger partial charge in [-0.05, 0) is 157 Å². The minimum Gasteiger partial charge on any atom is -0.379 e. The van der Waals surface area contributed by atoms with Crippen LogP contribution in [0.1, 0.15) is 135 Å². The molecule has 3 aliphatic carbocycles. The van der Waals surface area contributed by atoms with E-state index in [2.05, 4.69) is 107 Å². The molecule has 3 fully saturated rings. The van der Waals surface area contributed by atoms with E-state index in [1.165, 1.54) is 25.7 Å². The molecule has 0 heterocycles. The summed E-state index contributed by atoms with van der Waals surface area (Å²) in [5, 5.41) is 33.3. The molecule has 3 saturated carbocycles. The molecule has 2 bridgehead atoms. The van der Waals surface area contributed by atoms with Gasteiger partial charge in [0.25, 0.3) is 0 Å². The van der Waals surface area contributed by atoms with Gasteiger partial charge in [-0.2, -0.15) is 0 Å². The van der Waals surface area contributed by atoms with Gasteiger partial charge in [0, 0.05) is 112 Å². The quantitative estimate of drug-likeness (QED) is 0.0237. The number of carbonyl (C=O) groups is 9. The van der Waals surface area contributed by atoms with Crippen LogP contribution in [0.5, 0.6) is 0 Å². The van der Waals surface area contributed by atoms with Gasteiger partial charge in [0.05, 0.1) is 39.6 Å². The molecule has 22 nitrogen and oxygen atoms in total. The highest BCUT2D eigenvalue weighted by Crippen LogP contribution is 2.62. The third-order valence-electron chi connectivity index (χ3n) is 16.4. The minimum absolute atomic E-state index is 0.0120. The second kappa shape index (κ2) is 42.8. The van der Waals surface area contributed by atoms with Crippen molar-refractivity contribution in [3.63, 3.8) is 0 Å². The van der Waals surface area contributed by atoms with Crippen LogP contribution in [0.4, 0.5) is 0 Å². The van der Waals surface area contributed by atoms with Crippen molar-refractivity contribution in [2.75, 3.05) is 79.1 Å². The molecule has 518 valence electrons. The first-order valence-corrected chi connectivity index (χ1v) is 31.7. The summed E-state index contributed by atoms with van der Waals surface area (Å²) >= 11 is 0. The number of rotatable bonds is 37. The van der Waals surface area contributed by atoms with Crippen LogP contribution in [0.3, 0.4) is 0 Å². The normalized spacial score (nSPS) is 18.8. The van der Waals surface area contributed by atoms with Crippen molar-refractivity contribution in [1.29, 1.82) is 0 Å². The number of amides is 9. The Balaban J connectivity index is 0.00000130. The number of hydrogen-bond donors (Lipinski definition) is 10. The van der Waals surface area contributed by atoms with E-state index >= 15 is 0 Å². The lowest BCUT2D eigenvalue weighted by atomic mass is 9.73. The molecule has 9 unspecified atom stereocenters. The van der Waals surface area contributed by atoms with Crippen LogP contribution >= 0.6 is 0 Å². The van der Waals surface area contributed by atoms with Crippen LogP contribution in [0, 0.1) is 46.3 Å². The van der Waals surface area contributed by atoms with Crippen molar-refractivity contribution >= 4 is 53.2 Å². The maximum absolute atomic E-state index is 11.8. The van der Waals surface area contributed by atoms with Crippen LogP contribution < -0.4 is 47.9 Å². The first-order valence-electron chi connectivity index (χ1n) is 31.7. The molecule has 22 heteroatoms. The second-order valence-electron chi connectivity index (χ2n) is 25.8. The predicted octanol–water partition coefficient (Wildman–Crippen LogP) is 6.43. The van der Waals surface area contributed by atoms with Crippen molar-refractivity contribution in [2.24, 2.45) is 46.3 Å². The first-order chi connectivity index (χ1) is 42.8. The molecule has 0 aliphatic heterocycles. The molecule has 0 saturated heterocycles. The summed E-state index contributed by atoms with van der Waals surface area (Å²) in [6.07, 6.45) is 6.39. The Kier molecular flexibility index (Phi) is 39.4. The van der Waals surface area contributed by atoms with Gasteiger partial charge in [0.2, 0.25) is 53.2 Å². The molecular formula is C70H115N9O13. The van der Waals surface area contributed by atoms with Gasteiger partial charge >= 0.3 is 0 Å². The Labute approximate surface area is 549 Å². The van der Waals surface area contributed by atoms with Crippen molar-refractivity contribution in [1.82, 2.24) is 47.9 Å². The number of hydrogen-bond acceptors (Lipinski definition) is 13. The number of nitrogens with one attached hydrogen (secondary N) is 9. The fourth-order valence-electron chi connectivity index (χ4n) is 10.6. The zero-order valence-corrected chi connectivity index (χ0v) is 58.1. The number of aliphatic hydroxyl groups excluding tert-OH is 1. The van der Waals surface area contributed by atoms with E-state index in [1.807, 2.05) is 34.6 Å². The molecule has 9 atom stereocenters. The first kappa shape index (κ1) is 84.7. The van der Waals surface area contributed by atoms with Crippen LogP contribution in [0.2, 0.25) is 0 Å².